The molecule has 0 spiro atoms. The fourth-order valence-electron chi connectivity index (χ4n) is 2.93. The summed E-state index contributed by atoms with van der Waals surface area (Å²) in [5.41, 5.74) is 1.00. The molecular weight excluding hydrogens is 338 g/mol. The number of amides is 2. The van der Waals surface area contributed by atoms with Gasteiger partial charge in [-0.15, -0.1) is 0 Å². The summed E-state index contributed by atoms with van der Waals surface area (Å²) in [5, 5.41) is 9.67. The zero-order chi connectivity index (χ0) is 16.4. The molecule has 0 unspecified atom stereocenters. The molecule has 1 aromatic heterocycles. The van der Waals surface area contributed by atoms with E-state index in [0.29, 0.717) is 35.2 Å². The van der Waals surface area contributed by atoms with Gasteiger partial charge in [-0.25, -0.2) is 4.79 Å². The smallest absolute Gasteiger partial charge is 0.407 e. The van der Waals surface area contributed by atoms with Gasteiger partial charge >= 0.3 is 6.09 Å². The first-order chi connectivity index (χ1) is 11.1. The van der Waals surface area contributed by atoms with Crippen molar-refractivity contribution in [2.45, 2.75) is 19.4 Å². The van der Waals surface area contributed by atoms with Gasteiger partial charge in [0.1, 0.15) is 0 Å². The van der Waals surface area contributed by atoms with Crippen LogP contribution >= 0.6 is 22.9 Å². The van der Waals surface area contributed by atoms with Gasteiger partial charge in [0, 0.05) is 24.7 Å². The van der Waals surface area contributed by atoms with Crippen LogP contribution in [0.5, 0.6) is 0 Å². The highest BCUT2D eigenvalue weighted by Gasteiger charge is 2.23. The number of halogens is 1. The topological polar surface area (TPSA) is 74.9 Å². The zero-order valence-corrected chi connectivity index (χ0v) is 13.9. The third-order valence-corrected chi connectivity index (χ3v) is 5.42. The zero-order valence-electron chi connectivity index (χ0n) is 12.3. The van der Waals surface area contributed by atoms with Crippen molar-refractivity contribution >= 4 is 45.7 Å². The Kier molecular flexibility index (Phi) is 4.68. The van der Waals surface area contributed by atoms with Crippen LogP contribution in [-0.2, 0) is 11.3 Å². The lowest BCUT2D eigenvalue weighted by Crippen LogP contribution is -2.39. The Labute approximate surface area is 141 Å². The Balaban J connectivity index is 1.88. The normalized spacial score (nSPS) is 16.9. The molecule has 1 N–H and O–H groups in total. The Morgan fingerprint density at radius 3 is 2.83 bits per heavy atom. The second-order valence-corrected chi connectivity index (χ2v) is 7.00. The number of hydrogen-bond acceptors (Lipinski definition) is 3. The Morgan fingerprint density at radius 2 is 2.17 bits per heavy atom. The number of likely N-dealkylation sites (tertiary alicyclic amines) is 1. The number of carboxylic acid groups (broad SMARTS) is 1. The van der Waals surface area contributed by atoms with Gasteiger partial charge in [-0.3, -0.25) is 4.79 Å². The van der Waals surface area contributed by atoms with E-state index >= 15 is 0 Å². The van der Waals surface area contributed by atoms with Crippen molar-refractivity contribution in [3.63, 3.8) is 0 Å². The number of thiazole rings is 1. The summed E-state index contributed by atoms with van der Waals surface area (Å²) in [7, 11) is 0. The molecule has 6 nitrogen and oxygen atoms in total. The van der Waals surface area contributed by atoms with E-state index in [2.05, 4.69) is 4.99 Å². The van der Waals surface area contributed by atoms with Crippen LogP contribution in [-0.4, -0.2) is 40.2 Å². The summed E-state index contributed by atoms with van der Waals surface area (Å²) in [6, 6.07) is 5.63. The predicted octanol–water partition coefficient (Wildman–Crippen LogP) is 2.80. The van der Waals surface area contributed by atoms with Gasteiger partial charge in [-0.05, 0) is 37.0 Å². The van der Waals surface area contributed by atoms with Crippen LogP contribution < -0.4 is 4.80 Å². The molecule has 2 amide bonds. The highest BCUT2D eigenvalue weighted by Crippen LogP contribution is 2.25. The molecule has 122 valence electrons. The molecule has 2 aromatic rings. The number of carbonyl (C=O) groups excluding carboxylic acids is 1. The van der Waals surface area contributed by atoms with Gasteiger partial charge in [0.15, 0.2) is 4.80 Å². The number of piperidine rings is 1. The molecule has 2 heterocycles. The first-order valence-corrected chi connectivity index (χ1v) is 8.52. The fraction of sp³-hybridized carbons (Fsp3) is 0.400. The number of aromatic nitrogens is 1. The molecule has 0 saturated carbocycles. The Bertz CT molecular complexity index is 806. The van der Waals surface area contributed by atoms with Crippen molar-refractivity contribution in [3.05, 3.63) is 28.0 Å². The van der Waals surface area contributed by atoms with E-state index in [-0.39, 0.29) is 0 Å². The van der Waals surface area contributed by atoms with E-state index in [1.807, 2.05) is 22.8 Å². The first-order valence-electron chi connectivity index (χ1n) is 7.32. The van der Waals surface area contributed by atoms with Crippen LogP contribution in [0.1, 0.15) is 12.8 Å². The second-order valence-electron chi connectivity index (χ2n) is 5.55. The minimum absolute atomic E-state index is 0.365. The molecule has 23 heavy (non-hydrogen) atoms. The molecule has 1 aliphatic heterocycles. The summed E-state index contributed by atoms with van der Waals surface area (Å²) in [6.45, 7) is 1.82. The summed E-state index contributed by atoms with van der Waals surface area (Å²) < 4.78 is 3.02. The molecule has 0 atom stereocenters. The average molecular weight is 354 g/mol. The fourth-order valence-corrected chi connectivity index (χ4v) is 4.21. The number of benzene rings is 1. The van der Waals surface area contributed by atoms with E-state index in [4.69, 9.17) is 16.7 Å². The minimum atomic E-state index is -0.858. The van der Waals surface area contributed by atoms with Crippen LogP contribution in [0.2, 0.25) is 5.02 Å². The van der Waals surface area contributed by atoms with E-state index < -0.39 is 6.09 Å². The number of carbonyl (C=O) groups is 2. The summed E-state index contributed by atoms with van der Waals surface area (Å²) >= 11 is 7.46. The number of fused-ring (bicyclic) bond motifs is 1. The maximum atomic E-state index is 11.0. The minimum Gasteiger partial charge on any atom is -0.465 e. The van der Waals surface area contributed by atoms with E-state index in [0.717, 1.165) is 29.6 Å². The molecule has 3 rings (SSSR count). The maximum absolute atomic E-state index is 11.0. The molecule has 8 heteroatoms. The third kappa shape index (κ3) is 3.40. The van der Waals surface area contributed by atoms with Gasteiger partial charge in [0.05, 0.1) is 10.2 Å². The Hall–Kier alpha value is -1.86. The highest BCUT2D eigenvalue weighted by molar-refractivity contribution is 7.16. The lowest BCUT2D eigenvalue weighted by molar-refractivity contribution is -0.107. The van der Waals surface area contributed by atoms with Crippen LogP contribution in [0.25, 0.3) is 10.2 Å². The quantitative estimate of drug-likeness (QED) is 0.862. The van der Waals surface area contributed by atoms with Crippen LogP contribution in [0, 0.1) is 5.92 Å². The molecule has 0 radical (unpaired) electrons. The van der Waals surface area contributed by atoms with Gasteiger partial charge in [-0.1, -0.05) is 22.9 Å². The second kappa shape index (κ2) is 6.72. The van der Waals surface area contributed by atoms with Gasteiger partial charge in [-0.2, -0.15) is 4.99 Å². The van der Waals surface area contributed by atoms with Gasteiger partial charge in [0.25, 0.3) is 0 Å². The predicted molar refractivity (Wildman–Crippen MR) is 88.8 cm³/mol. The average Bonchev–Trinajstić information content (AvgIpc) is 2.85. The summed E-state index contributed by atoms with van der Waals surface area (Å²) in [4.78, 5) is 27.8. The largest absolute Gasteiger partial charge is 0.465 e. The molecule has 1 fully saturated rings. The van der Waals surface area contributed by atoms with Gasteiger partial charge < -0.3 is 14.6 Å². The third-order valence-electron chi connectivity index (χ3n) is 4.13. The van der Waals surface area contributed by atoms with Crippen molar-refractivity contribution in [2.75, 3.05) is 13.1 Å². The molecule has 1 aliphatic rings. The van der Waals surface area contributed by atoms with Crippen LogP contribution in [0.4, 0.5) is 4.79 Å². The SMILES string of the molecule is O=CN=c1sc2cc(Cl)ccc2n1CC1CCN(C(=O)O)CC1. The van der Waals surface area contributed by atoms with Crippen molar-refractivity contribution in [1.82, 2.24) is 9.47 Å². The maximum Gasteiger partial charge on any atom is 0.407 e. The van der Waals surface area contributed by atoms with Gasteiger partial charge in [0.2, 0.25) is 6.41 Å². The number of rotatable bonds is 3. The van der Waals surface area contributed by atoms with E-state index in [1.165, 1.54) is 16.2 Å². The first kappa shape index (κ1) is 16.0. The summed E-state index contributed by atoms with van der Waals surface area (Å²) in [6.07, 6.45) is 1.31. The monoisotopic (exact) mass is 353 g/mol. The molecular formula is C15H16ClN3O3S. The lowest BCUT2D eigenvalue weighted by atomic mass is 9.97. The molecule has 1 saturated heterocycles. The Morgan fingerprint density at radius 1 is 1.43 bits per heavy atom. The van der Waals surface area contributed by atoms with Crippen LogP contribution in [0.3, 0.4) is 0 Å². The van der Waals surface area contributed by atoms with Crippen molar-refractivity contribution < 1.29 is 14.7 Å². The summed E-state index contributed by atoms with van der Waals surface area (Å²) in [5.74, 6) is 0.365. The van der Waals surface area contributed by atoms with Crippen molar-refractivity contribution in [3.8, 4) is 0 Å². The lowest BCUT2D eigenvalue weighted by Gasteiger charge is -2.30. The van der Waals surface area contributed by atoms with Crippen molar-refractivity contribution in [2.24, 2.45) is 10.9 Å². The van der Waals surface area contributed by atoms with Crippen molar-refractivity contribution in [1.29, 1.82) is 0 Å². The van der Waals surface area contributed by atoms with E-state index in [9.17, 15) is 9.59 Å². The molecule has 0 aliphatic carbocycles. The number of hydrogen-bond donors (Lipinski definition) is 1. The number of nitrogens with zero attached hydrogens (tertiary/aromatic N) is 3. The van der Waals surface area contributed by atoms with E-state index in [1.54, 1.807) is 0 Å². The molecule has 0 bridgehead atoms. The molecule has 1 aromatic carbocycles. The standard InChI is InChI=1S/C15H16ClN3O3S/c16-11-1-2-12-13(7-11)23-14(17-9-20)19(12)8-10-3-5-18(6-4-10)15(21)22/h1-2,7,9-10H,3-6,8H2,(H,21,22). The van der Waals surface area contributed by atoms with Crippen LogP contribution in [0.15, 0.2) is 23.2 Å². The highest BCUT2D eigenvalue weighted by atomic mass is 35.5.